The minimum atomic E-state index is -1.27. The van der Waals surface area contributed by atoms with Crippen LogP contribution in [0.3, 0.4) is 0 Å². The van der Waals surface area contributed by atoms with Crippen LogP contribution in [0.5, 0.6) is 0 Å². The smallest absolute Gasteiger partial charge is 0.330 e. The van der Waals surface area contributed by atoms with Crippen molar-refractivity contribution in [2.24, 2.45) is 0 Å². The van der Waals surface area contributed by atoms with Gasteiger partial charge in [0.05, 0.1) is 12.2 Å². The molecule has 4 aromatic rings. The summed E-state index contributed by atoms with van der Waals surface area (Å²) >= 11 is 0. The van der Waals surface area contributed by atoms with E-state index >= 15 is 0 Å². The van der Waals surface area contributed by atoms with Gasteiger partial charge < -0.3 is 14.6 Å². The molecular weight excluding hydrogens is 456 g/mol. The number of hydrogen-bond acceptors (Lipinski definition) is 5. The molecule has 3 aromatic carbocycles. The normalized spacial score (nSPS) is 21.9. The summed E-state index contributed by atoms with van der Waals surface area (Å²) in [5, 5.41) is 11.2. The largest absolute Gasteiger partial charge is 0.387 e. The molecule has 7 nitrogen and oxygen atoms in total. The molecule has 7 heteroatoms. The van der Waals surface area contributed by atoms with Crippen LogP contribution in [0.25, 0.3) is 0 Å². The lowest BCUT2D eigenvalue weighted by molar-refractivity contribution is -0.116. The zero-order valence-electron chi connectivity index (χ0n) is 19.9. The van der Waals surface area contributed by atoms with Crippen LogP contribution in [0.4, 0.5) is 0 Å². The molecule has 0 saturated carbocycles. The summed E-state index contributed by atoms with van der Waals surface area (Å²) in [7, 11) is 0. The molecule has 36 heavy (non-hydrogen) atoms. The van der Waals surface area contributed by atoms with Gasteiger partial charge in [-0.1, -0.05) is 91.0 Å². The highest BCUT2D eigenvalue weighted by atomic mass is 16.6. The number of nitrogens with one attached hydrogen (secondary N) is 1. The lowest BCUT2D eigenvalue weighted by Crippen LogP contribution is -2.42. The Kier molecular flexibility index (Phi) is 6.45. The Morgan fingerprint density at radius 2 is 1.42 bits per heavy atom. The second-order valence-corrected chi connectivity index (χ2v) is 9.25. The number of H-pyrrole nitrogens is 1. The van der Waals surface area contributed by atoms with Gasteiger partial charge >= 0.3 is 5.69 Å². The van der Waals surface area contributed by atoms with Crippen LogP contribution in [0, 0.1) is 0 Å². The van der Waals surface area contributed by atoms with E-state index in [0.717, 1.165) is 16.7 Å². The van der Waals surface area contributed by atoms with E-state index in [-0.39, 0.29) is 13.0 Å². The molecular formula is C29H28N2O5. The van der Waals surface area contributed by atoms with Crippen molar-refractivity contribution >= 4 is 0 Å². The Bertz CT molecular complexity index is 1320. The summed E-state index contributed by atoms with van der Waals surface area (Å²) in [6.45, 7) is 1.73. The molecule has 1 aliphatic heterocycles. The summed E-state index contributed by atoms with van der Waals surface area (Å²) in [5.74, 6) is 0. The van der Waals surface area contributed by atoms with Gasteiger partial charge in [-0.05, 0) is 23.6 Å². The van der Waals surface area contributed by atoms with Crippen molar-refractivity contribution in [1.82, 2.24) is 9.55 Å². The highest BCUT2D eigenvalue weighted by Gasteiger charge is 2.47. The van der Waals surface area contributed by atoms with E-state index in [1.165, 1.54) is 16.8 Å². The van der Waals surface area contributed by atoms with Crippen molar-refractivity contribution in [3.63, 3.8) is 0 Å². The number of rotatable bonds is 7. The fourth-order valence-corrected chi connectivity index (χ4v) is 4.88. The van der Waals surface area contributed by atoms with Gasteiger partial charge in [-0.2, -0.15) is 0 Å². The zero-order valence-corrected chi connectivity index (χ0v) is 19.9. The average Bonchev–Trinajstić information content (AvgIpc) is 3.20. The predicted molar refractivity (Wildman–Crippen MR) is 136 cm³/mol. The van der Waals surface area contributed by atoms with Crippen LogP contribution in [0.1, 0.15) is 36.3 Å². The van der Waals surface area contributed by atoms with E-state index in [9.17, 15) is 14.7 Å². The zero-order chi connectivity index (χ0) is 25.2. The van der Waals surface area contributed by atoms with Crippen LogP contribution in [-0.2, 0) is 15.1 Å². The van der Waals surface area contributed by atoms with Crippen LogP contribution < -0.4 is 11.2 Å². The maximum Gasteiger partial charge on any atom is 0.330 e. The highest BCUT2D eigenvalue weighted by molar-refractivity contribution is 5.47. The third-order valence-corrected chi connectivity index (χ3v) is 6.76. The van der Waals surface area contributed by atoms with Gasteiger partial charge in [-0.25, -0.2) is 4.79 Å². The molecule has 0 aliphatic carbocycles. The highest BCUT2D eigenvalue weighted by Crippen LogP contribution is 2.43. The first kappa shape index (κ1) is 23.9. The van der Waals surface area contributed by atoms with E-state index in [0.29, 0.717) is 0 Å². The van der Waals surface area contributed by atoms with Gasteiger partial charge in [0.25, 0.3) is 5.56 Å². The number of aromatic nitrogens is 2. The van der Waals surface area contributed by atoms with E-state index in [1.54, 1.807) is 6.92 Å². The van der Waals surface area contributed by atoms with Gasteiger partial charge in [0.2, 0.25) is 0 Å². The standard InChI is InChI=1S/C29H28N2O5/c1-28(34)19-26(31-18-17-25(32)30-27(31)33)36-24(28)20-35-29(21-11-5-2-6-12-21,22-13-7-3-8-14-22)23-15-9-4-10-16-23/h2-18,24,26,34H,19-20H2,1H3,(H,30,32,33)/t24-,26-,28+/m0/s1. The number of aromatic amines is 1. The molecule has 1 aliphatic rings. The molecule has 0 spiro atoms. The lowest BCUT2D eigenvalue weighted by Gasteiger charge is -2.37. The summed E-state index contributed by atoms with van der Waals surface area (Å²) in [4.78, 5) is 26.1. The monoisotopic (exact) mass is 484 g/mol. The minimum absolute atomic E-state index is 0.0558. The second-order valence-electron chi connectivity index (χ2n) is 9.25. The maximum absolute atomic E-state index is 12.3. The summed E-state index contributed by atoms with van der Waals surface area (Å²) in [6, 6.07) is 31.1. The van der Waals surface area contributed by atoms with Crippen molar-refractivity contribution < 1.29 is 14.6 Å². The van der Waals surface area contributed by atoms with Gasteiger partial charge in [-0.3, -0.25) is 14.3 Å². The average molecular weight is 485 g/mol. The molecule has 2 N–H and O–H groups in total. The summed E-state index contributed by atoms with van der Waals surface area (Å²) in [5.41, 5.74) is -0.488. The van der Waals surface area contributed by atoms with Crippen LogP contribution in [-0.4, -0.2) is 33.0 Å². The van der Waals surface area contributed by atoms with Crippen LogP contribution in [0.2, 0.25) is 0 Å². The molecule has 2 heterocycles. The molecule has 5 rings (SSSR count). The number of hydrogen-bond donors (Lipinski definition) is 2. The van der Waals surface area contributed by atoms with E-state index in [1.807, 2.05) is 91.0 Å². The molecule has 1 saturated heterocycles. The summed E-state index contributed by atoms with van der Waals surface area (Å²) < 4.78 is 14.2. The number of aliphatic hydroxyl groups is 1. The Labute approximate surface area is 208 Å². The predicted octanol–water partition coefficient (Wildman–Crippen LogP) is 3.58. The topological polar surface area (TPSA) is 93.6 Å². The summed E-state index contributed by atoms with van der Waals surface area (Å²) in [6.07, 6.45) is 0.0874. The molecule has 0 amide bonds. The first-order chi connectivity index (χ1) is 17.4. The van der Waals surface area contributed by atoms with Crippen molar-refractivity contribution in [2.75, 3.05) is 6.61 Å². The van der Waals surface area contributed by atoms with E-state index < -0.39 is 34.8 Å². The van der Waals surface area contributed by atoms with Crippen molar-refractivity contribution in [2.45, 2.75) is 36.9 Å². The quantitative estimate of drug-likeness (QED) is 0.391. The SMILES string of the molecule is C[C@@]1(O)C[C@@H](n2ccc(=O)[nH]c2=O)O[C@H]1COC(c1ccccc1)(c1ccccc1)c1ccccc1. The first-order valence-corrected chi connectivity index (χ1v) is 11.9. The van der Waals surface area contributed by atoms with Crippen LogP contribution >= 0.6 is 0 Å². The van der Waals surface area contributed by atoms with Gasteiger partial charge in [-0.15, -0.1) is 0 Å². The van der Waals surface area contributed by atoms with Gasteiger partial charge in [0.15, 0.2) is 0 Å². The third-order valence-electron chi connectivity index (χ3n) is 6.76. The fourth-order valence-electron chi connectivity index (χ4n) is 4.88. The van der Waals surface area contributed by atoms with Gasteiger partial charge in [0.1, 0.15) is 17.9 Å². The van der Waals surface area contributed by atoms with E-state index in [2.05, 4.69) is 4.98 Å². The van der Waals surface area contributed by atoms with Crippen LogP contribution in [0.15, 0.2) is 113 Å². The number of ether oxygens (including phenoxy) is 2. The second kappa shape index (κ2) is 9.70. The van der Waals surface area contributed by atoms with Gasteiger partial charge in [0, 0.05) is 18.7 Å². The Morgan fingerprint density at radius 3 is 1.89 bits per heavy atom. The fraction of sp³-hybridized carbons (Fsp3) is 0.241. The number of benzene rings is 3. The Morgan fingerprint density at radius 1 is 0.917 bits per heavy atom. The van der Waals surface area contributed by atoms with Crippen molar-refractivity contribution in [3.8, 4) is 0 Å². The molecule has 0 unspecified atom stereocenters. The molecule has 1 aromatic heterocycles. The van der Waals surface area contributed by atoms with Crippen molar-refractivity contribution in [3.05, 3.63) is 141 Å². The maximum atomic E-state index is 12.3. The molecule has 0 radical (unpaired) electrons. The van der Waals surface area contributed by atoms with E-state index in [4.69, 9.17) is 9.47 Å². The van der Waals surface area contributed by atoms with Crippen molar-refractivity contribution in [1.29, 1.82) is 0 Å². The minimum Gasteiger partial charge on any atom is -0.387 e. The molecule has 3 atom stereocenters. The third kappa shape index (κ3) is 4.44. The lowest BCUT2D eigenvalue weighted by atomic mass is 9.80. The Hall–Kier alpha value is -3.78. The first-order valence-electron chi connectivity index (χ1n) is 11.9. The molecule has 184 valence electrons. The molecule has 0 bridgehead atoms. The molecule has 1 fully saturated rings. The Balaban J connectivity index is 1.53. The number of nitrogens with zero attached hydrogens (tertiary/aromatic N) is 1.